The number of thiazole rings is 1. The third kappa shape index (κ3) is 2.37. The molecule has 0 fully saturated rings. The number of nitrogens with one attached hydrogen (secondary N) is 1. The normalized spacial score (nSPS) is 13.2. The van der Waals surface area contributed by atoms with Crippen molar-refractivity contribution in [2.45, 2.75) is 19.9 Å². The maximum absolute atomic E-state index is 5.70. The second-order valence-electron chi connectivity index (χ2n) is 4.30. The molecule has 3 nitrogen and oxygen atoms in total. The van der Waals surface area contributed by atoms with Gasteiger partial charge in [-0.15, -0.1) is 11.3 Å². The van der Waals surface area contributed by atoms with Gasteiger partial charge in [-0.05, 0) is 24.6 Å². The molecule has 0 spiro atoms. The maximum Gasteiger partial charge on any atom is 0.183 e. The van der Waals surface area contributed by atoms with Crippen LogP contribution in [0.5, 0.6) is 5.75 Å². The van der Waals surface area contributed by atoms with Crippen LogP contribution in [0.1, 0.15) is 16.8 Å². The number of nitrogens with zero attached hydrogens (tertiary/aromatic N) is 1. The van der Waals surface area contributed by atoms with E-state index < -0.39 is 0 Å². The quantitative estimate of drug-likeness (QED) is 0.933. The number of halogens is 1. The molecule has 0 amide bonds. The number of aromatic nitrogens is 1. The fourth-order valence-corrected chi connectivity index (χ4v) is 3.32. The van der Waals surface area contributed by atoms with Gasteiger partial charge < -0.3 is 10.1 Å². The molecule has 18 heavy (non-hydrogen) atoms. The Kier molecular flexibility index (Phi) is 3.26. The maximum atomic E-state index is 5.70. The van der Waals surface area contributed by atoms with Gasteiger partial charge in [0.1, 0.15) is 5.75 Å². The Labute approximate surface area is 118 Å². The highest BCUT2D eigenvalue weighted by molar-refractivity contribution is 9.10. The highest BCUT2D eigenvalue weighted by Crippen LogP contribution is 2.33. The molecule has 0 aliphatic carbocycles. The average molecular weight is 325 g/mol. The molecule has 1 aliphatic rings. The Morgan fingerprint density at radius 2 is 2.39 bits per heavy atom. The first-order valence-corrected chi connectivity index (χ1v) is 7.50. The zero-order valence-corrected chi connectivity index (χ0v) is 12.4. The molecular weight excluding hydrogens is 312 g/mol. The molecule has 1 N–H and O–H groups in total. The van der Waals surface area contributed by atoms with Gasteiger partial charge in [0.05, 0.1) is 12.3 Å². The fourth-order valence-electron chi connectivity index (χ4n) is 2.08. The Morgan fingerprint density at radius 3 is 3.17 bits per heavy atom. The van der Waals surface area contributed by atoms with E-state index in [0.717, 1.165) is 40.6 Å². The predicted molar refractivity (Wildman–Crippen MR) is 77.5 cm³/mol. The van der Waals surface area contributed by atoms with Gasteiger partial charge >= 0.3 is 0 Å². The summed E-state index contributed by atoms with van der Waals surface area (Å²) in [4.78, 5) is 4.40. The van der Waals surface area contributed by atoms with Crippen LogP contribution in [0.4, 0.5) is 5.13 Å². The molecule has 0 unspecified atom stereocenters. The largest absolute Gasteiger partial charge is 0.493 e. The monoisotopic (exact) mass is 324 g/mol. The molecular formula is C13H13BrN2OS. The van der Waals surface area contributed by atoms with E-state index in [9.17, 15) is 0 Å². The highest BCUT2D eigenvalue weighted by Gasteiger charge is 2.17. The fraction of sp³-hybridized carbons (Fsp3) is 0.308. The number of hydrogen-bond donors (Lipinski definition) is 1. The number of ether oxygens (including phenoxy) is 1. The van der Waals surface area contributed by atoms with Crippen molar-refractivity contribution in [3.8, 4) is 5.75 Å². The summed E-state index contributed by atoms with van der Waals surface area (Å²) in [6.45, 7) is 3.53. The number of anilines is 1. The third-order valence-corrected chi connectivity index (χ3v) is 4.25. The van der Waals surface area contributed by atoms with Gasteiger partial charge in [0, 0.05) is 28.4 Å². The van der Waals surface area contributed by atoms with Gasteiger partial charge in [0.25, 0.3) is 0 Å². The summed E-state index contributed by atoms with van der Waals surface area (Å²) in [6, 6.07) is 4.25. The lowest BCUT2D eigenvalue weighted by atomic mass is 10.1. The second-order valence-corrected chi connectivity index (χ2v) is 6.07. The van der Waals surface area contributed by atoms with Crippen molar-refractivity contribution in [1.29, 1.82) is 0 Å². The van der Waals surface area contributed by atoms with Crippen molar-refractivity contribution in [1.82, 2.24) is 4.98 Å². The number of aryl methyl sites for hydroxylation is 1. The molecule has 2 heterocycles. The Hall–Kier alpha value is -1.07. The van der Waals surface area contributed by atoms with Gasteiger partial charge in [0.15, 0.2) is 5.13 Å². The second kappa shape index (κ2) is 4.90. The first-order chi connectivity index (χ1) is 8.72. The SMILES string of the molecule is Cc1csc(NCc2cc(Br)cc3c2OCC3)n1. The topological polar surface area (TPSA) is 34.1 Å². The van der Waals surface area contributed by atoms with E-state index >= 15 is 0 Å². The summed E-state index contributed by atoms with van der Waals surface area (Å²) >= 11 is 5.18. The van der Waals surface area contributed by atoms with E-state index in [0.29, 0.717) is 0 Å². The smallest absolute Gasteiger partial charge is 0.183 e. The molecule has 0 saturated heterocycles. The first-order valence-electron chi connectivity index (χ1n) is 5.82. The van der Waals surface area contributed by atoms with Crippen LogP contribution < -0.4 is 10.1 Å². The van der Waals surface area contributed by atoms with Crippen molar-refractivity contribution < 1.29 is 4.74 Å². The molecule has 1 aromatic heterocycles. The summed E-state index contributed by atoms with van der Waals surface area (Å²) < 4.78 is 6.81. The zero-order valence-electron chi connectivity index (χ0n) is 10.00. The standard InChI is InChI=1S/C13H13BrN2OS/c1-8-7-18-13(16-8)15-6-10-5-11(14)4-9-2-3-17-12(9)10/h4-5,7H,2-3,6H2,1H3,(H,15,16). The minimum Gasteiger partial charge on any atom is -0.493 e. The van der Waals surface area contributed by atoms with Crippen LogP contribution in [0.25, 0.3) is 0 Å². The van der Waals surface area contributed by atoms with E-state index in [1.54, 1.807) is 11.3 Å². The zero-order chi connectivity index (χ0) is 12.5. The lowest BCUT2D eigenvalue weighted by Crippen LogP contribution is -2.01. The van der Waals surface area contributed by atoms with Gasteiger partial charge in [-0.1, -0.05) is 15.9 Å². The molecule has 0 bridgehead atoms. The van der Waals surface area contributed by atoms with Crippen molar-refractivity contribution in [2.75, 3.05) is 11.9 Å². The number of benzene rings is 1. The van der Waals surface area contributed by atoms with Crippen molar-refractivity contribution in [3.05, 3.63) is 38.8 Å². The van der Waals surface area contributed by atoms with E-state index in [-0.39, 0.29) is 0 Å². The van der Waals surface area contributed by atoms with Crippen molar-refractivity contribution in [2.24, 2.45) is 0 Å². The number of rotatable bonds is 3. The van der Waals surface area contributed by atoms with Crippen LogP contribution in [0.2, 0.25) is 0 Å². The minimum atomic E-state index is 0.745. The van der Waals surface area contributed by atoms with E-state index in [1.807, 2.05) is 12.3 Å². The van der Waals surface area contributed by atoms with Crippen LogP contribution in [-0.4, -0.2) is 11.6 Å². The summed E-state index contributed by atoms with van der Waals surface area (Å²) in [5.74, 6) is 1.04. The third-order valence-electron chi connectivity index (χ3n) is 2.87. The molecule has 0 atom stereocenters. The molecule has 0 radical (unpaired) electrons. The first kappa shape index (κ1) is 12.0. The Morgan fingerprint density at radius 1 is 1.50 bits per heavy atom. The summed E-state index contributed by atoms with van der Waals surface area (Å²) in [6.07, 6.45) is 0.998. The van der Waals surface area contributed by atoms with Crippen LogP contribution in [0, 0.1) is 6.92 Å². The average Bonchev–Trinajstić information content (AvgIpc) is 2.94. The predicted octanol–water partition coefficient (Wildman–Crippen LogP) is 3.76. The van der Waals surface area contributed by atoms with Gasteiger partial charge in [-0.2, -0.15) is 0 Å². The lowest BCUT2D eigenvalue weighted by Gasteiger charge is -2.09. The molecule has 1 aromatic carbocycles. The van der Waals surface area contributed by atoms with E-state index in [1.165, 1.54) is 11.1 Å². The van der Waals surface area contributed by atoms with Gasteiger partial charge in [-0.25, -0.2) is 4.98 Å². The molecule has 94 valence electrons. The molecule has 5 heteroatoms. The van der Waals surface area contributed by atoms with Crippen molar-refractivity contribution in [3.63, 3.8) is 0 Å². The van der Waals surface area contributed by atoms with Gasteiger partial charge in [-0.3, -0.25) is 0 Å². The molecule has 3 rings (SSSR count). The molecule has 2 aromatic rings. The van der Waals surface area contributed by atoms with Gasteiger partial charge in [0.2, 0.25) is 0 Å². The summed E-state index contributed by atoms with van der Waals surface area (Å²) in [5.41, 5.74) is 3.53. The van der Waals surface area contributed by atoms with Crippen LogP contribution in [0.15, 0.2) is 22.0 Å². The van der Waals surface area contributed by atoms with Crippen molar-refractivity contribution >= 4 is 32.4 Å². The number of hydrogen-bond acceptors (Lipinski definition) is 4. The molecule has 0 saturated carbocycles. The Bertz CT molecular complexity index is 582. The van der Waals surface area contributed by atoms with Crippen LogP contribution >= 0.6 is 27.3 Å². The number of fused-ring (bicyclic) bond motifs is 1. The Balaban J connectivity index is 1.80. The molecule has 1 aliphatic heterocycles. The van der Waals surface area contributed by atoms with Crippen LogP contribution in [0.3, 0.4) is 0 Å². The van der Waals surface area contributed by atoms with Crippen LogP contribution in [-0.2, 0) is 13.0 Å². The lowest BCUT2D eigenvalue weighted by molar-refractivity contribution is 0.354. The summed E-state index contributed by atoms with van der Waals surface area (Å²) in [7, 11) is 0. The van der Waals surface area contributed by atoms with E-state index in [4.69, 9.17) is 4.74 Å². The summed E-state index contributed by atoms with van der Waals surface area (Å²) in [5, 5.41) is 6.35. The minimum absolute atomic E-state index is 0.745. The highest BCUT2D eigenvalue weighted by atomic mass is 79.9. The van der Waals surface area contributed by atoms with E-state index in [2.05, 4.69) is 38.4 Å².